The zero-order chi connectivity index (χ0) is 23.4. The van der Waals surface area contributed by atoms with E-state index in [1.54, 1.807) is 12.0 Å². The van der Waals surface area contributed by atoms with Gasteiger partial charge in [-0.2, -0.15) is 0 Å². The number of hydrogen-bond acceptors (Lipinski definition) is 3. The summed E-state index contributed by atoms with van der Waals surface area (Å²) in [6.07, 6.45) is 1.75. The molecule has 0 aliphatic heterocycles. The number of fused-ring (bicyclic) bond motifs is 1. The van der Waals surface area contributed by atoms with Gasteiger partial charge in [0.25, 0.3) is 0 Å². The number of rotatable bonds is 7. The van der Waals surface area contributed by atoms with Gasteiger partial charge in [0.1, 0.15) is 11.5 Å². The predicted molar refractivity (Wildman–Crippen MR) is 141 cm³/mol. The van der Waals surface area contributed by atoms with Gasteiger partial charge in [0, 0.05) is 45.9 Å². The molecular weight excluding hydrogens is 527 g/mol. The third-order valence-electron chi connectivity index (χ3n) is 5.81. The minimum absolute atomic E-state index is 0.340. The molecule has 1 amide bonds. The first-order valence-corrected chi connectivity index (χ1v) is 12.1. The maximum absolute atomic E-state index is 12.8. The van der Waals surface area contributed by atoms with Crippen molar-refractivity contribution in [1.29, 1.82) is 0 Å². The van der Waals surface area contributed by atoms with Gasteiger partial charge >= 0.3 is 6.09 Å². The molecule has 0 unspecified atom stereocenters. The van der Waals surface area contributed by atoms with Crippen molar-refractivity contribution in [3.05, 3.63) is 82.1 Å². The Morgan fingerprint density at radius 2 is 1.70 bits per heavy atom. The van der Waals surface area contributed by atoms with Gasteiger partial charge in [-0.3, -0.25) is 0 Å². The van der Waals surface area contributed by atoms with Gasteiger partial charge in [-0.1, -0.05) is 30.3 Å². The first kappa shape index (κ1) is 23.2. The van der Waals surface area contributed by atoms with Crippen molar-refractivity contribution in [3.63, 3.8) is 0 Å². The number of amides is 1. The predicted octanol–water partition coefficient (Wildman–Crippen LogP) is 6.81. The zero-order valence-electron chi connectivity index (χ0n) is 19.0. The van der Waals surface area contributed by atoms with E-state index in [1.165, 1.54) is 9.13 Å². The van der Waals surface area contributed by atoms with Crippen molar-refractivity contribution in [2.24, 2.45) is 0 Å². The fourth-order valence-corrected chi connectivity index (χ4v) is 4.54. The molecule has 0 spiro atoms. The van der Waals surface area contributed by atoms with E-state index in [2.05, 4.69) is 63.7 Å². The molecule has 0 atom stereocenters. The summed E-state index contributed by atoms with van der Waals surface area (Å²) in [5, 5.41) is 1.04. The normalized spacial score (nSPS) is 10.9. The summed E-state index contributed by atoms with van der Waals surface area (Å²) in [7, 11) is 1.65. The molecule has 170 valence electrons. The SMILES string of the molecule is CCN(CC)C(=O)Oc1ccc2c(ccn2Cc2ccccc2I)c1-c1ccc(OC)cc1. The maximum atomic E-state index is 12.8. The molecule has 4 aromatic rings. The number of hydrogen-bond donors (Lipinski definition) is 0. The van der Waals surface area contributed by atoms with Gasteiger partial charge in [-0.15, -0.1) is 0 Å². The highest BCUT2D eigenvalue weighted by atomic mass is 127. The monoisotopic (exact) mass is 554 g/mol. The maximum Gasteiger partial charge on any atom is 0.415 e. The molecule has 4 rings (SSSR count). The first-order valence-electron chi connectivity index (χ1n) is 11.0. The number of benzene rings is 3. The van der Waals surface area contributed by atoms with E-state index in [-0.39, 0.29) is 6.09 Å². The topological polar surface area (TPSA) is 43.7 Å². The highest BCUT2D eigenvalue weighted by Gasteiger charge is 2.19. The first-order chi connectivity index (χ1) is 16.0. The highest BCUT2D eigenvalue weighted by molar-refractivity contribution is 14.1. The molecule has 0 saturated heterocycles. The molecule has 1 aromatic heterocycles. The minimum atomic E-state index is -0.340. The average molecular weight is 554 g/mol. The van der Waals surface area contributed by atoms with Crippen LogP contribution in [0.1, 0.15) is 19.4 Å². The van der Waals surface area contributed by atoms with E-state index in [4.69, 9.17) is 9.47 Å². The van der Waals surface area contributed by atoms with Crippen LogP contribution in [-0.2, 0) is 6.54 Å². The summed E-state index contributed by atoms with van der Waals surface area (Å²) < 4.78 is 14.7. The second kappa shape index (κ2) is 10.3. The van der Waals surface area contributed by atoms with Crippen LogP contribution < -0.4 is 9.47 Å². The number of aromatic nitrogens is 1. The minimum Gasteiger partial charge on any atom is -0.497 e. The van der Waals surface area contributed by atoms with Gasteiger partial charge in [0.05, 0.1) is 7.11 Å². The third-order valence-corrected chi connectivity index (χ3v) is 6.86. The van der Waals surface area contributed by atoms with Crippen LogP contribution in [0.2, 0.25) is 0 Å². The van der Waals surface area contributed by atoms with Gasteiger partial charge in [0.2, 0.25) is 0 Å². The fourth-order valence-electron chi connectivity index (χ4n) is 3.98. The van der Waals surface area contributed by atoms with Crippen LogP contribution in [0.3, 0.4) is 0 Å². The van der Waals surface area contributed by atoms with Crippen molar-refractivity contribution in [1.82, 2.24) is 9.47 Å². The number of carbonyl (C=O) groups excluding carboxylic acids is 1. The summed E-state index contributed by atoms with van der Waals surface area (Å²) in [4.78, 5) is 14.4. The standard InChI is InChI=1S/C27H27IN2O3/c1-4-29(5-2)27(31)33-25-15-14-24-22(26(25)19-10-12-21(32-3)13-11-19)16-17-30(24)18-20-8-6-7-9-23(20)28/h6-17H,4-5,18H2,1-3H3. The lowest BCUT2D eigenvalue weighted by Crippen LogP contribution is -2.33. The second-order valence-electron chi connectivity index (χ2n) is 7.68. The number of halogens is 1. The van der Waals surface area contributed by atoms with Gasteiger partial charge in [-0.25, -0.2) is 4.79 Å². The molecule has 0 bridgehead atoms. The van der Waals surface area contributed by atoms with Crippen LogP contribution in [0.5, 0.6) is 11.5 Å². The molecule has 33 heavy (non-hydrogen) atoms. The summed E-state index contributed by atoms with van der Waals surface area (Å²) in [6, 6.07) is 22.3. The second-order valence-corrected chi connectivity index (χ2v) is 8.84. The van der Waals surface area contributed by atoms with E-state index in [1.807, 2.05) is 50.2 Å². The summed E-state index contributed by atoms with van der Waals surface area (Å²) in [6.45, 7) is 5.86. The third kappa shape index (κ3) is 4.85. The van der Waals surface area contributed by atoms with Crippen LogP contribution in [0.15, 0.2) is 72.9 Å². The Kier molecular flexibility index (Phi) is 7.23. The Balaban J connectivity index is 1.81. The summed E-state index contributed by atoms with van der Waals surface area (Å²) in [5.41, 5.74) is 4.22. The summed E-state index contributed by atoms with van der Waals surface area (Å²) in [5.74, 6) is 1.33. The van der Waals surface area contributed by atoms with Crippen molar-refractivity contribution in [3.8, 4) is 22.6 Å². The van der Waals surface area contributed by atoms with Gasteiger partial charge < -0.3 is 18.9 Å². The molecule has 0 aliphatic rings. The molecule has 0 saturated carbocycles. The number of methoxy groups -OCH3 is 1. The van der Waals surface area contributed by atoms with E-state index in [0.29, 0.717) is 18.8 Å². The zero-order valence-corrected chi connectivity index (χ0v) is 21.2. The molecule has 0 radical (unpaired) electrons. The Morgan fingerprint density at radius 3 is 2.36 bits per heavy atom. The van der Waals surface area contributed by atoms with E-state index in [0.717, 1.165) is 34.3 Å². The fraction of sp³-hybridized carbons (Fsp3) is 0.222. The van der Waals surface area contributed by atoms with Crippen molar-refractivity contribution in [2.75, 3.05) is 20.2 Å². The molecular formula is C27H27IN2O3. The van der Waals surface area contributed by atoms with Crippen molar-refractivity contribution < 1.29 is 14.3 Å². The molecule has 0 N–H and O–H groups in total. The smallest absolute Gasteiger partial charge is 0.415 e. The Bertz CT molecular complexity index is 1260. The number of ether oxygens (including phenoxy) is 2. The molecule has 3 aromatic carbocycles. The van der Waals surface area contributed by atoms with Crippen LogP contribution >= 0.6 is 22.6 Å². The Labute approximate surface area is 208 Å². The van der Waals surface area contributed by atoms with Gasteiger partial charge in [0.15, 0.2) is 0 Å². The Hall–Kier alpha value is -3.00. The molecule has 0 aliphatic carbocycles. The summed E-state index contributed by atoms with van der Waals surface area (Å²) >= 11 is 2.38. The number of carbonyl (C=O) groups is 1. The lowest BCUT2D eigenvalue weighted by Gasteiger charge is -2.20. The lowest BCUT2D eigenvalue weighted by atomic mass is 10.0. The van der Waals surface area contributed by atoms with Crippen LogP contribution in [0.25, 0.3) is 22.0 Å². The molecule has 0 fully saturated rings. The highest BCUT2D eigenvalue weighted by Crippen LogP contribution is 2.39. The largest absolute Gasteiger partial charge is 0.497 e. The number of nitrogens with zero attached hydrogens (tertiary/aromatic N) is 2. The Morgan fingerprint density at radius 1 is 0.970 bits per heavy atom. The van der Waals surface area contributed by atoms with Crippen LogP contribution in [0, 0.1) is 3.57 Å². The average Bonchev–Trinajstić information content (AvgIpc) is 3.24. The van der Waals surface area contributed by atoms with Crippen LogP contribution in [0.4, 0.5) is 4.79 Å². The van der Waals surface area contributed by atoms with Crippen LogP contribution in [-0.4, -0.2) is 35.8 Å². The molecule has 5 nitrogen and oxygen atoms in total. The quantitative estimate of drug-likeness (QED) is 0.236. The van der Waals surface area contributed by atoms with Crippen molar-refractivity contribution >= 4 is 39.6 Å². The van der Waals surface area contributed by atoms with E-state index < -0.39 is 0 Å². The van der Waals surface area contributed by atoms with E-state index >= 15 is 0 Å². The van der Waals surface area contributed by atoms with E-state index in [9.17, 15) is 4.79 Å². The molecule has 6 heteroatoms. The lowest BCUT2D eigenvalue weighted by molar-refractivity contribution is 0.157. The van der Waals surface area contributed by atoms with Gasteiger partial charge in [-0.05, 0) is 84.0 Å². The van der Waals surface area contributed by atoms with Crippen molar-refractivity contribution in [2.45, 2.75) is 20.4 Å². The molecule has 1 heterocycles.